The molecule has 0 spiro atoms. The number of rotatable bonds is 4. The molecule has 1 aliphatic carbocycles. The van der Waals surface area contributed by atoms with Crippen LogP contribution in [-0.4, -0.2) is 120 Å². The molecule has 2 aromatic carbocycles. The van der Waals surface area contributed by atoms with E-state index in [1.807, 2.05) is 19.1 Å². The van der Waals surface area contributed by atoms with Crippen LogP contribution in [0.25, 0.3) is 11.1 Å². The van der Waals surface area contributed by atoms with Gasteiger partial charge in [0, 0.05) is 11.1 Å². The normalized spacial score (nSPS) is 34.3. The van der Waals surface area contributed by atoms with Gasteiger partial charge in [-0.3, -0.25) is 0 Å². The molecule has 0 unspecified atom stereocenters. The number of benzene rings is 2. The fourth-order valence-electron chi connectivity index (χ4n) is 5.92. The van der Waals surface area contributed by atoms with Gasteiger partial charge in [0.25, 0.3) is 0 Å². The van der Waals surface area contributed by atoms with E-state index in [0.29, 0.717) is 35.1 Å². The lowest BCUT2D eigenvalue weighted by Crippen LogP contribution is -2.58. The van der Waals surface area contributed by atoms with Crippen molar-refractivity contribution in [2.24, 2.45) is 0 Å². The maximum Gasteiger partial charge on any atom is 0.147 e. The van der Waals surface area contributed by atoms with Gasteiger partial charge < -0.3 is 55.4 Å². The lowest BCUT2D eigenvalue weighted by atomic mass is 9.86. The van der Waals surface area contributed by atoms with Gasteiger partial charge in [-0.1, -0.05) is 49.2 Å². The van der Waals surface area contributed by atoms with Crippen molar-refractivity contribution in [1.29, 1.82) is 0 Å². The number of fused-ring (bicyclic) bond motifs is 3. The molecular weight excluding hydrogens is 560 g/mol. The topological polar surface area (TPSA) is 201 Å². The molecule has 10 atom stereocenters. The van der Waals surface area contributed by atoms with Gasteiger partial charge >= 0.3 is 0 Å². The maximum absolute atomic E-state index is 12.0. The van der Waals surface area contributed by atoms with Crippen molar-refractivity contribution >= 4 is 0 Å². The Bertz CT molecular complexity index is 1350. The first-order valence-electron chi connectivity index (χ1n) is 14.2. The Hall–Kier alpha value is -2.88. The van der Waals surface area contributed by atoms with Crippen LogP contribution in [0.3, 0.4) is 0 Å². The van der Waals surface area contributed by atoms with Crippen LogP contribution in [0.15, 0.2) is 36.4 Å². The number of aliphatic hydroxyl groups is 9. The minimum Gasteiger partial charge on any atom is -0.394 e. The second-order valence-electron chi connectivity index (χ2n) is 11.2. The summed E-state index contributed by atoms with van der Waals surface area (Å²) in [5, 5.41) is 91.7. The lowest BCUT2D eigenvalue weighted by Gasteiger charge is -2.37. The van der Waals surface area contributed by atoms with Gasteiger partial charge in [-0.15, -0.1) is 0 Å². The van der Waals surface area contributed by atoms with E-state index < -0.39 is 79.9 Å². The maximum atomic E-state index is 12.0. The second-order valence-corrected chi connectivity index (χ2v) is 11.2. The number of ether oxygens (including phenoxy) is 2. The van der Waals surface area contributed by atoms with Crippen LogP contribution in [0.2, 0.25) is 0 Å². The summed E-state index contributed by atoms with van der Waals surface area (Å²) in [4.78, 5) is 0. The Balaban J connectivity index is 1.44. The van der Waals surface area contributed by atoms with E-state index in [1.165, 1.54) is 0 Å². The smallest absolute Gasteiger partial charge is 0.147 e. The van der Waals surface area contributed by atoms with Gasteiger partial charge in [-0.2, -0.15) is 0 Å². The van der Waals surface area contributed by atoms with Crippen LogP contribution >= 0.6 is 0 Å². The minimum absolute atomic E-state index is 0.389. The van der Waals surface area contributed by atoms with Gasteiger partial charge in [-0.25, -0.2) is 0 Å². The van der Waals surface area contributed by atoms with Gasteiger partial charge in [0.1, 0.15) is 66.6 Å². The molecule has 2 saturated heterocycles. The van der Waals surface area contributed by atoms with Crippen LogP contribution in [0, 0.1) is 23.7 Å². The first kappa shape index (κ1) is 31.5. The molecule has 2 fully saturated rings. The van der Waals surface area contributed by atoms with E-state index in [1.54, 1.807) is 24.3 Å². The van der Waals surface area contributed by atoms with Crippen LogP contribution in [0.4, 0.5) is 0 Å². The third kappa shape index (κ3) is 5.71. The van der Waals surface area contributed by atoms with E-state index in [9.17, 15) is 46.0 Å². The predicted molar refractivity (Wildman–Crippen MR) is 151 cm³/mol. The van der Waals surface area contributed by atoms with Gasteiger partial charge in [0.15, 0.2) is 0 Å². The first-order valence-corrected chi connectivity index (χ1v) is 14.2. The molecule has 11 heteroatoms. The summed E-state index contributed by atoms with van der Waals surface area (Å²) < 4.78 is 11.0. The SMILES string of the molecule is CCCC1(O)c2cc(C#C[C@H]3O[C@H](CO)[C@@H](O)[C@H](O)[C@@H]3O)ccc2-c2ccc(C#C[C@H]3O[C@H](CO)[C@@H](O)[C@H](O)[C@@H]3O)cc21. The van der Waals surface area contributed by atoms with Crippen molar-refractivity contribution in [3.63, 3.8) is 0 Å². The summed E-state index contributed by atoms with van der Waals surface area (Å²) >= 11 is 0. The van der Waals surface area contributed by atoms with Crippen molar-refractivity contribution in [3.05, 3.63) is 58.7 Å². The Labute approximate surface area is 248 Å². The highest BCUT2D eigenvalue weighted by atomic mass is 16.5. The molecule has 43 heavy (non-hydrogen) atoms. The van der Waals surface area contributed by atoms with E-state index in [-0.39, 0.29) is 0 Å². The molecule has 5 rings (SSSR count). The number of hydrogen-bond acceptors (Lipinski definition) is 11. The fourth-order valence-corrected chi connectivity index (χ4v) is 5.92. The van der Waals surface area contributed by atoms with Crippen molar-refractivity contribution in [3.8, 4) is 34.8 Å². The van der Waals surface area contributed by atoms with E-state index >= 15 is 0 Å². The zero-order valence-corrected chi connectivity index (χ0v) is 23.4. The molecule has 3 aliphatic rings. The highest BCUT2D eigenvalue weighted by Crippen LogP contribution is 2.50. The van der Waals surface area contributed by atoms with Gasteiger partial charge in [-0.05, 0) is 52.9 Å². The largest absolute Gasteiger partial charge is 0.394 e. The minimum atomic E-state index is -1.53. The first-order chi connectivity index (χ1) is 20.5. The van der Waals surface area contributed by atoms with Crippen LogP contribution in [0.1, 0.15) is 42.0 Å². The van der Waals surface area contributed by atoms with Crippen molar-refractivity contribution in [2.45, 2.75) is 86.4 Å². The molecule has 2 aromatic rings. The van der Waals surface area contributed by atoms with Crippen molar-refractivity contribution in [2.75, 3.05) is 13.2 Å². The Kier molecular flexibility index (Phi) is 9.26. The zero-order valence-electron chi connectivity index (χ0n) is 23.4. The summed E-state index contributed by atoms with van der Waals surface area (Å²) in [7, 11) is 0. The molecule has 0 radical (unpaired) electrons. The Morgan fingerprint density at radius 1 is 0.651 bits per heavy atom. The lowest BCUT2D eigenvalue weighted by molar-refractivity contribution is -0.214. The van der Waals surface area contributed by atoms with E-state index in [4.69, 9.17) is 9.47 Å². The van der Waals surface area contributed by atoms with Crippen LogP contribution in [0.5, 0.6) is 0 Å². The third-order valence-corrected chi connectivity index (χ3v) is 8.33. The second kappa shape index (κ2) is 12.6. The number of aliphatic hydroxyl groups excluding tert-OH is 8. The molecule has 0 saturated carbocycles. The third-order valence-electron chi connectivity index (χ3n) is 8.33. The average molecular weight is 597 g/mol. The Morgan fingerprint density at radius 2 is 1.07 bits per heavy atom. The van der Waals surface area contributed by atoms with Crippen LogP contribution < -0.4 is 0 Å². The van der Waals surface area contributed by atoms with Crippen molar-refractivity contribution in [1.82, 2.24) is 0 Å². The summed E-state index contributed by atoms with van der Waals surface area (Å²) in [6.45, 7) is 0.833. The average Bonchev–Trinajstić information content (AvgIpc) is 3.25. The predicted octanol–water partition coefficient (Wildman–Crippen LogP) is -1.91. The monoisotopic (exact) mass is 596 g/mol. The summed E-state index contributed by atoms with van der Waals surface area (Å²) in [6.07, 6.45) is -12.4. The van der Waals surface area contributed by atoms with Crippen molar-refractivity contribution < 1.29 is 55.4 Å². The van der Waals surface area contributed by atoms with Crippen LogP contribution in [-0.2, 0) is 15.1 Å². The summed E-state index contributed by atoms with van der Waals surface area (Å²) in [5.74, 6) is 11.3. The molecular formula is C32H36O11. The van der Waals surface area contributed by atoms with E-state index in [2.05, 4.69) is 23.7 Å². The zero-order chi connectivity index (χ0) is 31.1. The van der Waals surface area contributed by atoms with E-state index in [0.717, 1.165) is 11.1 Å². The van der Waals surface area contributed by atoms with Gasteiger partial charge in [0.05, 0.1) is 13.2 Å². The fraction of sp³-hybridized carbons (Fsp3) is 0.500. The molecule has 2 aliphatic heterocycles. The quantitative estimate of drug-likeness (QED) is 0.178. The molecule has 0 aromatic heterocycles. The number of hydrogen-bond donors (Lipinski definition) is 9. The summed E-state index contributed by atoms with van der Waals surface area (Å²) in [6, 6.07) is 10.7. The molecule has 2 heterocycles. The highest BCUT2D eigenvalue weighted by Gasteiger charge is 2.44. The Morgan fingerprint density at radius 3 is 1.44 bits per heavy atom. The molecule has 0 bridgehead atoms. The molecule has 0 amide bonds. The highest BCUT2D eigenvalue weighted by molar-refractivity contribution is 5.81. The molecule has 230 valence electrons. The molecule has 9 N–H and O–H groups in total. The molecule has 11 nitrogen and oxygen atoms in total. The summed E-state index contributed by atoms with van der Waals surface area (Å²) in [5.41, 5.74) is 2.52. The standard InChI is InChI=1S/C32H36O11/c1-2-11-32(41)20-12-16(5-9-22-26(35)30(39)28(37)24(14-33)42-22)3-7-18(20)19-8-4-17(13-21(19)32)6-10-23-27(36)31(40)29(38)25(15-34)43-23/h3-4,7-8,12-13,22-31,33-41H,2,11,14-15H2,1H3/t22-,23-,24-,25-,26-,27-,28-,29-,30-,31-/m1/s1. The van der Waals surface area contributed by atoms with Gasteiger partial charge in [0.2, 0.25) is 0 Å².